The van der Waals surface area contributed by atoms with Gasteiger partial charge in [0.05, 0.1) is 16.1 Å². The predicted molar refractivity (Wildman–Crippen MR) is 115 cm³/mol. The molecule has 0 spiro atoms. The Morgan fingerprint density at radius 1 is 0.609 bits per heavy atom. The zero-order valence-corrected chi connectivity index (χ0v) is 19.0. The Bertz CT molecular complexity index is 709. The van der Waals surface area contributed by atoms with Crippen LogP contribution in [0.3, 0.4) is 0 Å². The van der Waals surface area contributed by atoms with Crippen LogP contribution in [0.2, 0.25) is 52.4 Å². The highest BCUT2D eigenvalue weighted by atomic mass is 28.3. The monoisotopic (exact) mass is 354 g/mol. The molecular weight excluding hydrogens is 324 g/mol. The third-order valence-corrected chi connectivity index (χ3v) is 13.0. The van der Waals surface area contributed by atoms with E-state index in [4.69, 9.17) is 0 Å². The predicted octanol–water partition coefficient (Wildman–Crippen LogP) is 3.58. The Kier molecular flexibility index (Phi) is 3.71. The summed E-state index contributed by atoms with van der Waals surface area (Å²) in [6.07, 6.45) is 0. The molecule has 0 aliphatic carbocycles. The lowest BCUT2D eigenvalue weighted by molar-refractivity contribution is 1.68. The second kappa shape index (κ2) is 5.04. The van der Waals surface area contributed by atoms with Gasteiger partial charge in [-0.05, 0) is 21.5 Å². The summed E-state index contributed by atoms with van der Waals surface area (Å²) in [6, 6.07) is 14.8. The average molecular weight is 355 g/mol. The second-order valence-corrected chi connectivity index (χ2v) is 24.1. The van der Waals surface area contributed by atoms with Crippen LogP contribution in [0.25, 0.3) is 11.1 Å². The van der Waals surface area contributed by atoms with Gasteiger partial charge in [0.2, 0.25) is 0 Å². The molecule has 3 rings (SSSR count). The fourth-order valence-corrected chi connectivity index (χ4v) is 9.39. The minimum absolute atomic E-state index is 1.25. The Hall–Kier alpha value is -0.909. The average Bonchev–Trinajstić information content (AvgIpc) is 2.65. The van der Waals surface area contributed by atoms with Crippen molar-refractivity contribution in [2.45, 2.75) is 52.4 Å². The van der Waals surface area contributed by atoms with Crippen LogP contribution in [-0.4, -0.2) is 24.2 Å². The van der Waals surface area contributed by atoms with Crippen LogP contribution in [0.1, 0.15) is 0 Å². The standard InChI is InChI=1S/C20H30Si3/c1-21(2,3)15-9-11-17-18-12-10-16(22(4,5)6)14-20(18)23(7,8)19(17)13-15/h9-14H,1-8H3. The largest absolute Gasteiger partial charge is 0.113 e. The summed E-state index contributed by atoms with van der Waals surface area (Å²) in [7, 11) is -4.06. The zero-order chi connectivity index (χ0) is 17.2. The van der Waals surface area contributed by atoms with Gasteiger partial charge in [0, 0.05) is 0 Å². The lowest BCUT2D eigenvalue weighted by Gasteiger charge is -2.24. The van der Waals surface area contributed by atoms with Gasteiger partial charge in [-0.2, -0.15) is 0 Å². The van der Waals surface area contributed by atoms with Crippen molar-refractivity contribution in [1.29, 1.82) is 0 Å². The summed E-state index contributed by atoms with van der Waals surface area (Å²) >= 11 is 0. The van der Waals surface area contributed by atoms with Crippen LogP contribution >= 0.6 is 0 Å². The topological polar surface area (TPSA) is 0 Å². The van der Waals surface area contributed by atoms with Gasteiger partial charge in [-0.1, -0.05) is 99.1 Å². The Balaban J connectivity index is 2.22. The molecule has 0 aromatic heterocycles. The molecule has 1 aliphatic heterocycles. The molecule has 122 valence electrons. The van der Waals surface area contributed by atoms with Gasteiger partial charge in [-0.3, -0.25) is 0 Å². The number of rotatable bonds is 2. The Morgan fingerprint density at radius 2 is 0.957 bits per heavy atom. The van der Waals surface area contributed by atoms with Crippen molar-refractivity contribution in [3.63, 3.8) is 0 Å². The minimum atomic E-state index is -1.56. The van der Waals surface area contributed by atoms with Crippen molar-refractivity contribution < 1.29 is 0 Å². The van der Waals surface area contributed by atoms with E-state index < -0.39 is 24.2 Å². The SMILES string of the molecule is C[Si](C)(C)c1ccc2c(c1)[Si](C)(C)c1cc([Si](C)(C)C)ccc1-2. The highest BCUT2D eigenvalue weighted by Crippen LogP contribution is 2.27. The normalized spacial score (nSPS) is 16.2. The van der Waals surface area contributed by atoms with E-state index in [1.807, 2.05) is 0 Å². The number of hydrogen-bond acceptors (Lipinski definition) is 0. The number of fused-ring (bicyclic) bond motifs is 3. The maximum atomic E-state index is 2.57. The maximum Gasteiger partial charge on any atom is 0.113 e. The highest BCUT2D eigenvalue weighted by Gasteiger charge is 2.38. The molecule has 0 nitrogen and oxygen atoms in total. The molecule has 0 unspecified atom stereocenters. The summed E-state index contributed by atoms with van der Waals surface area (Å²) < 4.78 is 0. The van der Waals surface area contributed by atoms with Gasteiger partial charge < -0.3 is 0 Å². The van der Waals surface area contributed by atoms with Gasteiger partial charge in [-0.25, -0.2) is 0 Å². The van der Waals surface area contributed by atoms with Crippen LogP contribution < -0.4 is 20.7 Å². The molecular formula is C20H30Si3. The fraction of sp³-hybridized carbons (Fsp3) is 0.400. The third-order valence-electron chi connectivity index (χ3n) is 5.41. The van der Waals surface area contributed by atoms with Crippen LogP contribution in [-0.2, 0) is 0 Å². The molecule has 0 amide bonds. The van der Waals surface area contributed by atoms with E-state index in [-0.39, 0.29) is 0 Å². The van der Waals surface area contributed by atoms with Crippen molar-refractivity contribution in [1.82, 2.24) is 0 Å². The summed E-state index contributed by atoms with van der Waals surface area (Å²) in [5, 5.41) is 6.55. The molecule has 3 heteroatoms. The van der Waals surface area contributed by atoms with E-state index in [1.165, 1.54) is 11.1 Å². The number of benzene rings is 2. The smallest absolute Gasteiger partial charge is 0.0656 e. The molecule has 0 fully saturated rings. The van der Waals surface area contributed by atoms with Crippen molar-refractivity contribution in [2.75, 3.05) is 0 Å². The van der Waals surface area contributed by atoms with Crippen molar-refractivity contribution in [2.24, 2.45) is 0 Å². The number of hydrogen-bond donors (Lipinski definition) is 0. The molecule has 0 radical (unpaired) electrons. The third kappa shape index (κ3) is 2.73. The molecule has 0 bridgehead atoms. The van der Waals surface area contributed by atoms with Crippen LogP contribution in [0.15, 0.2) is 36.4 Å². The van der Waals surface area contributed by atoms with Gasteiger partial charge in [0.25, 0.3) is 0 Å². The first-order chi connectivity index (χ1) is 10.4. The molecule has 0 saturated carbocycles. The van der Waals surface area contributed by atoms with E-state index in [0.29, 0.717) is 0 Å². The van der Waals surface area contributed by atoms with Crippen molar-refractivity contribution in [3.05, 3.63) is 36.4 Å². The summed E-state index contributed by atoms with van der Waals surface area (Å²) in [5.74, 6) is 0. The lowest BCUT2D eigenvalue weighted by atomic mass is 10.1. The fourth-order valence-electron chi connectivity index (χ4n) is 3.67. The van der Waals surface area contributed by atoms with Gasteiger partial charge >= 0.3 is 0 Å². The van der Waals surface area contributed by atoms with Crippen molar-refractivity contribution >= 4 is 45.0 Å². The Morgan fingerprint density at radius 3 is 1.26 bits per heavy atom. The molecule has 2 aromatic rings. The van der Waals surface area contributed by atoms with E-state index in [9.17, 15) is 0 Å². The van der Waals surface area contributed by atoms with E-state index >= 15 is 0 Å². The van der Waals surface area contributed by atoms with E-state index in [0.717, 1.165) is 0 Å². The molecule has 1 aliphatic rings. The molecule has 0 N–H and O–H groups in total. The summed E-state index contributed by atoms with van der Waals surface area (Å²) in [5.41, 5.74) is 3.03. The summed E-state index contributed by atoms with van der Waals surface area (Å²) in [6.45, 7) is 19.8. The first-order valence-electron chi connectivity index (χ1n) is 8.73. The zero-order valence-electron chi connectivity index (χ0n) is 16.0. The summed E-state index contributed by atoms with van der Waals surface area (Å²) in [4.78, 5) is 0. The molecule has 1 heterocycles. The Labute approximate surface area is 145 Å². The first-order valence-corrected chi connectivity index (χ1v) is 18.7. The quantitative estimate of drug-likeness (QED) is 0.723. The van der Waals surface area contributed by atoms with Crippen molar-refractivity contribution in [3.8, 4) is 11.1 Å². The van der Waals surface area contributed by atoms with E-state index in [1.54, 1.807) is 20.7 Å². The van der Waals surface area contributed by atoms with Gasteiger partial charge in [-0.15, -0.1) is 0 Å². The maximum absolute atomic E-state index is 2.57. The molecule has 23 heavy (non-hydrogen) atoms. The van der Waals surface area contributed by atoms with Crippen LogP contribution in [0.4, 0.5) is 0 Å². The molecule has 2 aromatic carbocycles. The molecule has 0 saturated heterocycles. The first kappa shape index (κ1) is 16.9. The second-order valence-electron chi connectivity index (χ2n) is 9.65. The van der Waals surface area contributed by atoms with Gasteiger partial charge in [0.15, 0.2) is 0 Å². The minimum Gasteiger partial charge on any atom is -0.0656 e. The van der Waals surface area contributed by atoms with E-state index in [2.05, 4.69) is 88.8 Å². The molecule has 0 atom stereocenters. The van der Waals surface area contributed by atoms with Crippen LogP contribution in [0.5, 0.6) is 0 Å². The lowest BCUT2D eigenvalue weighted by Crippen LogP contribution is -2.53. The van der Waals surface area contributed by atoms with Crippen LogP contribution in [0, 0.1) is 0 Å². The highest BCUT2D eigenvalue weighted by molar-refractivity contribution is 7.04. The van der Waals surface area contributed by atoms with Gasteiger partial charge in [0.1, 0.15) is 8.07 Å².